The molecule has 2 aliphatic carbocycles. The fraction of sp³-hybridized carbons (Fsp3) is 0.412. The molecule has 0 radical (unpaired) electrons. The Morgan fingerprint density at radius 3 is 2.07 bits per heavy atom. The number of hydrogen-bond acceptors (Lipinski definition) is 6. The molecule has 2 N–H and O–H groups in total. The number of Topliss-reactive ketones (excluding diaryl/α,β-unsaturated/α-hetero) is 1. The van der Waals surface area contributed by atoms with E-state index in [4.69, 9.17) is 9.73 Å². The lowest BCUT2D eigenvalue weighted by atomic mass is 9.70. The zero-order chi connectivity index (χ0) is 29.6. The Balaban J connectivity index is 1.34. The number of rotatable bonds is 10. The molecule has 4 atom stereocenters. The van der Waals surface area contributed by atoms with E-state index in [0.717, 1.165) is 12.0 Å². The number of benzene rings is 3. The van der Waals surface area contributed by atoms with Crippen molar-refractivity contribution in [2.75, 3.05) is 12.4 Å². The quantitative estimate of drug-likeness (QED) is 0.360. The summed E-state index contributed by atoms with van der Waals surface area (Å²) in [7, 11) is -3.92. The average Bonchev–Trinajstić information content (AvgIpc) is 3.62. The second-order valence-corrected chi connectivity index (χ2v) is 14.3. The summed E-state index contributed by atoms with van der Waals surface area (Å²) in [6.07, 6.45) is 2.23. The molecule has 8 heteroatoms. The molecule has 0 saturated heterocycles. The van der Waals surface area contributed by atoms with Crippen molar-refractivity contribution in [2.45, 2.75) is 57.2 Å². The van der Waals surface area contributed by atoms with Crippen molar-refractivity contribution in [2.24, 2.45) is 21.7 Å². The number of ether oxygens (including phenoxy) is 1. The fourth-order valence-corrected chi connectivity index (χ4v) is 9.48. The van der Waals surface area contributed by atoms with E-state index in [2.05, 4.69) is 4.72 Å². The SMILES string of the molecule is CC1(C)[C@H]2CC[C@]1(CS(=O)(=O)N[C@H](Cc1ccccc1)C1=N[C@H](C(O)(c3ccccc3)c3ccccc3)CO1)C(=O)C2. The highest BCUT2D eigenvalue weighted by Crippen LogP contribution is 2.64. The van der Waals surface area contributed by atoms with Crippen molar-refractivity contribution in [3.63, 3.8) is 0 Å². The number of fused-ring (bicyclic) bond motifs is 2. The molecule has 2 fully saturated rings. The first-order valence-corrected chi connectivity index (χ1v) is 16.3. The van der Waals surface area contributed by atoms with Crippen molar-refractivity contribution in [3.8, 4) is 0 Å². The van der Waals surface area contributed by atoms with Crippen LogP contribution in [-0.2, 0) is 31.6 Å². The molecule has 0 spiro atoms. The van der Waals surface area contributed by atoms with Gasteiger partial charge in [-0.25, -0.2) is 18.1 Å². The maximum absolute atomic E-state index is 13.9. The van der Waals surface area contributed by atoms with E-state index in [1.165, 1.54) is 0 Å². The predicted octanol–water partition coefficient (Wildman–Crippen LogP) is 4.65. The van der Waals surface area contributed by atoms with Gasteiger partial charge in [-0.1, -0.05) is 105 Å². The van der Waals surface area contributed by atoms with Crippen LogP contribution in [0.2, 0.25) is 0 Å². The Kier molecular flexibility index (Phi) is 7.36. The maximum atomic E-state index is 13.9. The van der Waals surface area contributed by atoms with Gasteiger partial charge in [0.2, 0.25) is 15.9 Å². The summed E-state index contributed by atoms with van der Waals surface area (Å²) in [6, 6.07) is 26.8. The second kappa shape index (κ2) is 10.7. The van der Waals surface area contributed by atoms with Gasteiger partial charge in [0, 0.05) is 11.8 Å². The molecule has 1 aliphatic heterocycles. The number of aliphatic imine (C=N–C) groups is 1. The number of ketones is 1. The highest BCUT2D eigenvalue weighted by atomic mass is 32.2. The van der Waals surface area contributed by atoms with Crippen LogP contribution in [0.5, 0.6) is 0 Å². The molecule has 0 amide bonds. The monoisotopic (exact) mass is 586 g/mol. The first-order chi connectivity index (χ1) is 20.1. The van der Waals surface area contributed by atoms with Crippen molar-refractivity contribution < 1.29 is 23.1 Å². The highest BCUT2D eigenvalue weighted by molar-refractivity contribution is 7.89. The Morgan fingerprint density at radius 2 is 1.55 bits per heavy atom. The zero-order valence-electron chi connectivity index (χ0n) is 24.1. The Hall–Kier alpha value is -3.33. The summed E-state index contributed by atoms with van der Waals surface area (Å²) in [5, 5.41) is 12.3. The maximum Gasteiger partial charge on any atom is 0.213 e. The fourth-order valence-electron chi connectivity index (χ4n) is 7.45. The molecule has 220 valence electrons. The average molecular weight is 587 g/mol. The zero-order valence-corrected chi connectivity index (χ0v) is 24.9. The van der Waals surface area contributed by atoms with Gasteiger partial charge >= 0.3 is 0 Å². The van der Waals surface area contributed by atoms with Gasteiger partial charge in [-0.3, -0.25) is 4.79 Å². The van der Waals surface area contributed by atoms with Crippen LogP contribution in [0, 0.1) is 16.7 Å². The van der Waals surface area contributed by atoms with Gasteiger partial charge in [-0.15, -0.1) is 0 Å². The lowest BCUT2D eigenvalue weighted by Crippen LogP contribution is -2.49. The molecule has 6 rings (SSSR count). The van der Waals surface area contributed by atoms with Crippen molar-refractivity contribution >= 4 is 21.7 Å². The van der Waals surface area contributed by atoms with Gasteiger partial charge in [0.25, 0.3) is 0 Å². The van der Waals surface area contributed by atoms with E-state index in [0.29, 0.717) is 30.4 Å². The smallest absolute Gasteiger partial charge is 0.213 e. The molecule has 7 nitrogen and oxygen atoms in total. The molecule has 2 bridgehead atoms. The normalized spacial score (nSPS) is 25.7. The van der Waals surface area contributed by atoms with E-state index < -0.39 is 33.1 Å². The number of nitrogens with one attached hydrogen (secondary N) is 1. The minimum atomic E-state index is -3.92. The Bertz CT molecular complexity index is 1530. The molecule has 2 saturated carbocycles. The van der Waals surface area contributed by atoms with Gasteiger partial charge in [-0.2, -0.15) is 0 Å². The lowest BCUT2D eigenvalue weighted by molar-refractivity contribution is -0.128. The third-order valence-electron chi connectivity index (χ3n) is 10.1. The van der Waals surface area contributed by atoms with E-state index in [9.17, 15) is 18.3 Å². The molecule has 0 aromatic heterocycles. The summed E-state index contributed by atoms with van der Waals surface area (Å²) in [5.74, 6) is 0.260. The Morgan fingerprint density at radius 1 is 0.976 bits per heavy atom. The van der Waals surface area contributed by atoms with Gasteiger partial charge in [0.05, 0.1) is 5.75 Å². The predicted molar refractivity (Wildman–Crippen MR) is 162 cm³/mol. The van der Waals surface area contributed by atoms with Crippen molar-refractivity contribution in [1.29, 1.82) is 0 Å². The number of sulfonamides is 1. The lowest BCUT2D eigenvalue weighted by Gasteiger charge is -2.36. The van der Waals surface area contributed by atoms with E-state index in [1.54, 1.807) is 0 Å². The summed E-state index contributed by atoms with van der Waals surface area (Å²) >= 11 is 0. The molecule has 3 aromatic rings. The van der Waals surface area contributed by atoms with Crippen LogP contribution in [0.1, 0.15) is 49.8 Å². The molecule has 1 heterocycles. The van der Waals surface area contributed by atoms with Crippen LogP contribution < -0.4 is 4.72 Å². The molecule has 0 unspecified atom stereocenters. The van der Waals surface area contributed by atoms with Gasteiger partial charge in [-0.05, 0) is 47.3 Å². The van der Waals surface area contributed by atoms with Crippen LogP contribution in [0.25, 0.3) is 0 Å². The summed E-state index contributed by atoms with van der Waals surface area (Å²) < 4.78 is 36.7. The largest absolute Gasteiger partial charge is 0.477 e. The van der Waals surface area contributed by atoms with Crippen molar-refractivity contribution in [1.82, 2.24) is 4.72 Å². The third kappa shape index (κ3) is 4.89. The number of carbonyl (C=O) groups excluding carboxylic acids is 1. The molecule has 3 aliphatic rings. The summed E-state index contributed by atoms with van der Waals surface area (Å²) in [5.41, 5.74) is -0.486. The van der Waals surface area contributed by atoms with Crippen LogP contribution in [-0.4, -0.2) is 49.6 Å². The van der Waals surface area contributed by atoms with Crippen LogP contribution in [0.4, 0.5) is 0 Å². The summed E-state index contributed by atoms with van der Waals surface area (Å²) in [4.78, 5) is 18.0. The number of nitrogens with zero attached hydrogens (tertiary/aromatic N) is 1. The first-order valence-electron chi connectivity index (χ1n) is 14.7. The number of hydrogen-bond donors (Lipinski definition) is 2. The molecule has 3 aromatic carbocycles. The second-order valence-electron chi connectivity index (χ2n) is 12.6. The standard InChI is InChI=1S/C34H38N2O5S/c1-32(2)27-18-19-33(32,30(37)21-27)23-42(39,40)36-28(20-24-12-6-3-7-13-24)31-35-29(22-41-31)34(38,25-14-8-4-9-15-25)26-16-10-5-11-17-26/h3-17,27-29,36,38H,18-23H2,1-2H3/t27-,28+,29-,33-/m0/s1. The number of carbonyl (C=O) groups is 1. The summed E-state index contributed by atoms with van der Waals surface area (Å²) in [6.45, 7) is 4.16. The minimum Gasteiger partial charge on any atom is -0.477 e. The van der Waals surface area contributed by atoms with Gasteiger partial charge in [0.1, 0.15) is 30.1 Å². The van der Waals surface area contributed by atoms with Gasteiger partial charge in [0.15, 0.2) is 0 Å². The molecule has 42 heavy (non-hydrogen) atoms. The topological polar surface area (TPSA) is 105 Å². The van der Waals surface area contributed by atoms with Crippen LogP contribution >= 0.6 is 0 Å². The van der Waals surface area contributed by atoms with E-state index in [-0.39, 0.29) is 35.4 Å². The van der Waals surface area contributed by atoms with Gasteiger partial charge < -0.3 is 9.84 Å². The van der Waals surface area contributed by atoms with Crippen molar-refractivity contribution in [3.05, 3.63) is 108 Å². The first kappa shape index (κ1) is 28.8. The third-order valence-corrected chi connectivity index (χ3v) is 11.6. The Labute approximate surface area is 248 Å². The number of aliphatic hydroxyl groups is 1. The minimum absolute atomic E-state index is 0.0547. The van der Waals surface area contributed by atoms with E-state index >= 15 is 0 Å². The highest BCUT2D eigenvalue weighted by Gasteiger charge is 2.65. The van der Waals surface area contributed by atoms with E-state index in [1.807, 2.05) is 105 Å². The molecular formula is C34H38N2O5S. The molecular weight excluding hydrogens is 548 g/mol. The van der Waals surface area contributed by atoms with Crippen LogP contribution in [0.15, 0.2) is 96.0 Å². The van der Waals surface area contributed by atoms with Crippen LogP contribution in [0.3, 0.4) is 0 Å².